The Bertz CT molecular complexity index is 2530. The van der Waals surface area contributed by atoms with Crippen LogP contribution in [0.4, 0.5) is 11.6 Å². The van der Waals surface area contributed by atoms with Gasteiger partial charge in [0.1, 0.15) is 19.3 Å². The molecule has 0 radical (unpaired) electrons. The van der Waals surface area contributed by atoms with Gasteiger partial charge in [0.2, 0.25) is 23.5 Å². The third-order valence-electron chi connectivity index (χ3n) is 11.6. The molecular weight excluding hydrogens is 1170 g/mol. The molecule has 4 rings (SSSR count). The zero-order valence-electron chi connectivity index (χ0n) is 51.0. The van der Waals surface area contributed by atoms with E-state index in [0.717, 1.165) is 57.3 Å². The van der Waals surface area contributed by atoms with E-state index in [1.165, 1.54) is 53.4 Å². The fraction of sp³-hybridized carbons (Fsp3) is 0.731. The molecule has 0 spiro atoms. The first kappa shape index (κ1) is 74.0. The zero-order chi connectivity index (χ0) is 64.5. The molecule has 2 aliphatic heterocycles. The molecule has 4 heterocycles. The maximum atomic E-state index is 13.0. The van der Waals surface area contributed by atoms with E-state index < -0.39 is 102 Å². The largest absolute Gasteiger partial charge is 0.479 e. The number of hydrogen-bond acceptors (Lipinski definition) is 30. The number of aliphatic hydroxyl groups is 1. The first-order chi connectivity index (χ1) is 39.5. The highest BCUT2D eigenvalue weighted by Crippen LogP contribution is 2.28. The molecule has 2 saturated heterocycles. The van der Waals surface area contributed by atoms with Gasteiger partial charge in [0.05, 0.1) is 63.0 Å². The summed E-state index contributed by atoms with van der Waals surface area (Å²) < 4.78 is 73.5. The van der Waals surface area contributed by atoms with E-state index in [9.17, 15) is 53.1 Å². The quantitative estimate of drug-likeness (QED) is 0.106. The van der Waals surface area contributed by atoms with Crippen molar-refractivity contribution < 1.29 is 110 Å². The molecule has 0 bridgehead atoms. The van der Waals surface area contributed by atoms with Gasteiger partial charge in [0, 0.05) is 65.0 Å². The van der Waals surface area contributed by atoms with E-state index in [4.69, 9.17) is 43.0 Å². The fourth-order valence-corrected chi connectivity index (χ4v) is 8.33. The van der Waals surface area contributed by atoms with Crippen molar-refractivity contribution in [2.75, 3.05) is 88.7 Å². The lowest BCUT2D eigenvalue weighted by molar-refractivity contribution is -0.183. The Morgan fingerprint density at radius 1 is 0.494 bits per heavy atom. The number of morpholine rings is 2. The van der Waals surface area contributed by atoms with Crippen LogP contribution in [0, 0.1) is 0 Å². The number of carboxylic acids is 1. The van der Waals surface area contributed by atoms with Crippen LogP contribution in [0.25, 0.3) is 0 Å². The van der Waals surface area contributed by atoms with Gasteiger partial charge in [-0.3, -0.25) is 19.2 Å². The van der Waals surface area contributed by atoms with E-state index in [0.29, 0.717) is 57.0 Å². The Morgan fingerprint density at radius 2 is 0.812 bits per heavy atom. The Labute approximate surface area is 501 Å². The Hall–Kier alpha value is -7.10. The van der Waals surface area contributed by atoms with Crippen molar-refractivity contribution in [2.24, 2.45) is 0 Å². The topological polar surface area (TPSA) is 377 Å². The van der Waals surface area contributed by atoms with Crippen molar-refractivity contribution in [2.45, 2.75) is 171 Å². The van der Waals surface area contributed by atoms with E-state index in [1.807, 2.05) is 46.4 Å². The maximum absolute atomic E-state index is 13.0. The summed E-state index contributed by atoms with van der Waals surface area (Å²) in [6.45, 7) is 29.1. The van der Waals surface area contributed by atoms with E-state index >= 15 is 0 Å². The molecule has 480 valence electrons. The second-order valence-electron chi connectivity index (χ2n) is 21.1. The first-order valence-electron chi connectivity index (χ1n) is 26.9. The van der Waals surface area contributed by atoms with Crippen LogP contribution in [-0.4, -0.2) is 236 Å². The van der Waals surface area contributed by atoms with Crippen LogP contribution in [0.3, 0.4) is 0 Å². The third kappa shape index (κ3) is 26.8. The first-order valence-corrected chi connectivity index (χ1v) is 28.4. The normalized spacial score (nSPS) is 16.1. The highest BCUT2D eigenvalue weighted by molar-refractivity contribution is 6.99. The standard InChI is InChI=1S/C26H40N4O11S.C15H26N4O4S.C11H16O8/c1-15(38-19(5)32)23(33)39-16(2)24(34)40-17(3)25(35)41-20(13-30(18(4)31)26(6,7)8)14-37-22-21(27-42-28-22)29-9-11-36-12-10-29;1-11(20)19(15(2,3)4)9-12(21)10-23-14-13(16-24-17-14)18-5-7-22-8-6-18;1-5(9(13)14)18-11(16)7(3)19-10(15)6(2)17-8(4)12/h15-17,20H,9-14H2,1-8H3;12,21H,5-10H2,1-4H3;5-7H,1-4H3,(H,13,14)/t15-,16-,17-,20+;12-;5-,6+,7-/m100/s1. The summed E-state index contributed by atoms with van der Waals surface area (Å²) in [5, 5.41) is 18.8. The van der Waals surface area contributed by atoms with Crippen LogP contribution >= 0.6 is 23.5 Å². The van der Waals surface area contributed by atoms with E-state index in [2.05, 4.69) is 36.6 Å². The van der Waals surface area contributed by atoms with Gasteiger partial charge in [-0.15, -0.1) is 8.75 Å². The molecule has 85 heavy (non-hydrogen) atoms. The number of β-amino-alcohol motifs (C(OH)–C–C–N with tert-alkyl or cyclic N) is 1. The number of ether oxygens (including phenoxy) is 11. The number of anilines is 2. The van der Waals surface area contributed by atoms with Crippen LogP contribution in [0.1, 0.15) is 111 Å². The summed E-state index contributed by atoms with van der Waals surface area (Å²) >= 11 is 2.05. The monoisotopic (exact) mass is 1250 g/mol. The molecule has 2 aromatic rings. The molecule has 2 aliphatic rings. The molecule has 2 fully saturated rings. The van der Waals surface area contributed by atoms with Crippen LogP contribution in [0.5, 0.6) is 11.8 Å². The lowest BCUT2D eigenvalue weighted by atomic mass is 10.1. The minimum Gasteiger partial charge on any atom is -0.479 e. The number of carbonyl (C=O) groups is 10. The predicted octanol–water partition coefficient (Wildman–Crippen LogP) is 1.77. The number of hydrogen-bond donors (Lipinski definition) is 2. The highest BCUT2D eigenvalue weighted by atomic mass is 32.1. The molecule has 2 N–H and O–H groups in total. The number of carbonyl (C=O) groups excluding carboxylic acids is 9. The second kappa shape index (κ2) is 35.4. The van der Waals surface area contributed by atoms with Gasteiger partial charge in [-0.05, 0) is 83.1 Å². The van der Waals surface area contributed by atoms with E-state index in [1.54, 1.807) is 4.90 Å². The van der Waals surface area contributed by atoms with Gasteiger partial charge in [0.15, 0.2) is 42.7 Å². The van der Waals surface area contributed by atoms with Crippen molar-refractivity contribution in [3.63, 3.8) is 0 Å². The fourth-order valence-electron chi connectivity index (χ4n) is 7.29. The average Bonchev–Trinajstić information content (AvgIpc) is 3.97. The smallest absolute Gasteiger partial charge is 0.347 e. The number of nitrogens with zero attached hydrogens (tertiary/aromatic N) is 8. The van der Waals surface area contributed by atoms with Crippen molar-refractivity contribution in [1.29, 1.82) is 0 Å². The number of amides is 2. The summed E-state index contributed by atoms with van der Waals surface area (Å²) in [5.74, 6) is -5.90. The van der Waals surface area contributed by atoms with Crippen LogP contribution < -0.4 is 19.3 Å². The van der Waals surface area contributed by atoms with Gasteiger partial charge >= 0.3 is 47.8 Å². The van der Waals surface area contributed by atoms with Crippen LogP contribution in [0.2, 0.25) is 0 Å². The van der Waals surface area contributed by atoms with Crippen LogP contribution in [0.15, 0.2) is 0 Å². The molecule has 2 amide bonds. The van der Waals surface area contributed by atoms with Crippen LogP contribution in [-0.2, 0) is 90.6 Å². The zero-order valence-corrected chi connectivity index (χ0v) is 52.6. The number of aliphatic hydroxyl groups excluding tert-OH is 1. The lowest BCUT2D eigenvalue weighted by Crippen LogP contribution is -2.50. The Balaban J connectivity index is 0.000000482. The summed E-state index contributed by atoms with van der Waals surface area (Å²) in [6, 6.07) is 0. The number of rotatable bonds is 25. The van der Waals surface area contributed by atoms with Gasteiger partial charge < -0.3 is 81.9 Å². The summed E-state index contributed by atoms with van der Waals surface area (Å²) in [6.07, 6.45) is -9.60. The number of aromatic nitrogens is 4. The minimum absolute atomic E-state index is 0.0161. The molecule has 0 aromatic carbocycles. The molecule has 33 heteroatoms. The van der Waals surface area contributed by atoms with Gasteiger partial charge in [0.25, 0.3) is 11.8 Å². The number of esters is 7. The van der Waals surface area contributed by atoms with E-state index in [-0.39, 0.29) is 49.5 Å². The molecule has 0 saturated carbocycles. The van der Waals surface area contributed by atoms with Gasteiger partial charge in [-0.2, -0.15) is 8.75 Å². The van der Waals surface area contributed by atoms with Crippen molar-refractivity contribution in [3.05, 3.63) is 0 Å². The number of aliphatic carboxylic acids is 1. The molecule has 8 atom stereocenters. The Kier molecular flexibility index (Phi) is 30.8. The third-order valence-corrected chi connectivity index (χ3v) is 12.6. The summed E-state index contributed by atoms with van der Waals surface area (Å²) in [5.41, 5.74) is -0.952. The molecule has 0 unspecified atom stereocenters. The van der Waals surface area contributed by atoms with Crippen molar-refractivity contribution in [3.8, 4) is 11.8 Å². The maximum Gasteiger partial charge on any atom is 0.347 e. The van der Waals surface area contributed by atoms with Crippen molar-refractivity contribution in [1.82, 2.24) is 27.3 Å². The molecule has 2 aromatic heterocycles. The highest BCUT2D eigenvalue weighted by Gasteiger charge is 2.34. The second-order valence-corrected chi connectivity index (χ2v) is 22.1. The SMILES string of the molecule is CC(=O)N(C[C@H](O)COc1nsnc1N1CCOCC1)C(C)(C)C.CC(=O)O[C@H](C)C(=O)O[C@@H](C)C(=O)O[C@@H](C)C(=O)O.CC(=O)O[C@H](C)C(=O)O[C@H](C)C(=O)O[C@H](C)C(=O)O[C@H](COc1nsnc1N1CCOCC1)CN(C(C)=O)C(C)(C)C. The summed E-state index contributed by atoms with van der Waals surface area (Å²) in [4.78, 5) is 124. The van der Waals surface area contributed by atoms with Crippen molar-refractivity contribution >= 4 is 94.7 Å². The number of carboxylic acid groups (broad SMARTS) is 1. The molecule has 0 aliphatic carbocycles. The molecule has 31 nitrogen and oxygen atoms in total. The van der Waals surface area contributed by atoms with Gasteiger partial charge in [-0.25, -0.2) is 28.8 Å². The summed E-state index contributed by atoms with van der Waals surface area (Å²) in [7, 11) is 0. The lowest BCUT2D eigenvalue weighted by Gasteiger charge is -2.37. The van der Waals surface area contributed by atoms with Gasteiger partial charge in [-0.1, -0.05) is 0 Å². The average molecular weight is 1250 g/mol. The minimum atomic E-state index is -1.39. The molecular formula is C52H82N8O23S2. The predicted molar refractivity (Wildman–Crippen MR) is 299 cm³/mol. The Morgan fingerprint density at radius 3 is 1.14 bits per heavy atom.